The lowest BCUT2D eigenvalue weighted by Gasteiger charge is -2.10. The molecular formula is C11H6Br2ClFN2O2S. The van der Waals surface area contributed by atoms with E-state index in [1.807, 2.05) is 0 Å². The highest BCUT2D eigenvalue weighted by molar-refractivity contribution is 9.10. The molecule has 0 aliphatic carbocycles. The van der Waals surface area contributed by atoms with E-state index >= 15 is 0 Å². The molecule has 1 N–H and O–H groups in total. The number of nitrogens with one attached hydrogen (secondary N) is 1. The van der Waals surface area contributed by atoms with Crippen LogP contribution in [-0.4, -0.2) is 13.4 Å². The fourth-order valence-corrected chi connectivity index (χ4v) is 3.97. The van der Waals surface area contributed by atoms with E-state index in [2.05, 4.69) is 41.6 Å². The Morgan fingerprint density at radius 1 is 1.25 bits per heavy atom. The molecule has 0 unspecified atom stereocenters. The van der Waals surface area contributed by atoms with Crippen LogP contribution in [-0.2, 0) is 10.0 Å². The molecule has 20 heavy (non-hydrogen) atoms. The number of sulfonamides is 1. The summed E-state index contributed by atoms with van der Waals surface area (Å²) >= 11 is 12.0. The Balaban J connectivity index is 2.43. The van der Waals surface area contributed by atoms with Gasteiger partial charge in [0.15, 0.2) is 0 Å². The molecule has 0 aliphatic rings. The van der Waals surface area contributed by atoms with Crippen LogP contribution in [0.15, 0.2) is 44.3 Å². The lowest BCUT2D eigenvalue weighted by atomic mass is 10.3. The Labute approximate surface area is 136 Å². The van der Waals surface area contributed by atoms with E-state index in [-0.39, 0.29) is 20.2 Å². The molecular weight excluding hydrogens is 438 g/mol. The third-order valence-corrected chi connectivity index (χ3v) is 5.12. The number of hydrogen-bond acceptors (Lipinski definition) is 3. The highest BCUT2D eigenvalue weighted by Crippen LogP contribution is 2.28. The van der Waals surface area contributed by atoms with Crippen LogP contribution in [0.5, 0.6) is 0 Å². The summed E-state index contributed by atoms with van der Waals surface area (Å²) in [6.07, 6.45) is 1.38. The summed E-state index contributed by atoms with van der Waals surface area (Å²) in [5.41, 5.74) is 0.197. The molecule has 2 aromatic rings. The lowest BCUT2D eigenvalue weighted by Crippen LogP contribution is -2.14. The summed E-state index contributed by atoms with van der Waals surface area (Å²) in [6, 6.07) is 4.92. The number of benzene rings is 1. The average Bonchev–Trinajstić information content (AvgIpc) is 2.35. The highest BCUT2D eigenvalue weighted by atomic mass is 79.9. The van der Waals surface area contributed by atoms with Crippen molar-refractivity contribution in [3.05, 3.63) is 50.4 Å². The highest BCUT2D eigenvalue weighted by Gasteiger charge is 2.20. The Kier molecular flexibility index (Phi) is 4.68. The molecule has 0 radical (unpaired) electrons. The third kappa shape index (κ3) is 3.49. The van der Waals surface area contributed by atoms with Crippen LogP contribution >= 0.6 is 43.5 Å². The number of pyridine rings is 1. The predicted octanol–water partition coefficient (Wildman–Crippen LogP) is 4.20. The van der Waals surface area contributed by atoms with Gasteiger partial charge in [-0.1, -0.05) is 11.6 Å². The zero-order valence-electron chi connectivity index (χ0n) is 9.57. The largest absolute Gasteiger partial charge is 0.278 e. The third-order valence-electron chi connectivity index (χ3n) is 2.24. The van der Waals surface area contributed by atoms with Crippen LogP contribution in [0.25, 0.3) is 0 Å². The number of nitrogens with zero attached hydrogens (tertiary/aromatic N) is 1. The second-order valence-corrected chi connectivity index (χ2v) is 7.45. The molecule has 106 valence electrons. The minimum atomic E-state index is -3.93. The quantitative estimate of drug-likeness (QED) is 0.722. The lowest BCUT2D eigenvalue weighted by molar-refractivity contribution is 0.600. The summed E-state index contributed by atoms with van der Waals surface area (Å²) in [5.74, 6) is -0.484. The first-order valence-corrected chi connectivity index (χ1v) is 8.53. The summed E-state index contributed by atoms with van der Waals surface area (Å²) in [5, 5.41) is -0.154. The number of anilines is 1. The van der Waals surface area contributed by atoms with Gasteiger partial charge in [0.2, 0.25) is 0 Å². The van der Waals surface area contributed by atoms with Crippen molar-refractivity contribution in [3.8, 4) is 0 Å². The summed E-state index contributed by atoms with van der Waals surface area (Å²) in [6.45, 7) is 0. The van der Waals surface area contributed by atoms with Crippen LogP contribution in [0.4, 0.5) is 10.1 Å². The van der Waals surface area contributed by atoms with Crippen molar-refractivity contribution in [2.75, 3.05) is 4.72 Å². The van der Waals surface area contributed by atoms with Crippen LogP contribution < -0.4 is 4.72 Å². The number of aromatic nitrogens is 1. The van der Waals surface area contributed by atoms with Gasteiger partial charge in [-0.2, -0.15) is 0 Å². The van der Waals surface area contributed by atoms with E-state index in [0.29, 0.717) is 4.47 Å². The van der Waals surface area contributed by atoms with Gasteiger partial charge in [0.05, 0.1) is 5.69 Å². The molecule has 1 heterocycles. The normalized spacial score (nSPS) is 11.4. The Morgan fingerprint density at radius 3 is 2.60 bits per heavy atom. The smallest absolute Gasteiger partial charge is 0.265 e. The maximum absolute atomic E-state index is 13.0. The molecule has 1 aromatic carbocycles. The predicted molar refractivity (Wildman–Crippen MR) is 81.9 cm³/mol. The fourth-order valence-electron chi connectivity index (χ4n) is 1.36. The topological polar surface area (TPSA) is 59.1 Å². The minimum Gasteiger partial charge on any atom is -0.278 e. The molecule has 0 fully saturated rings. The second-order valence-electron chi connectivity index (χ2n) is 3.67. The first kappa shape index (κ1) is 15.7. The van der Waals surface area contributed by atoms with Crippen molar-refractivity contribution < 1.29 is 12.8 Å². The van der Waals surface area contributed by atoms with Gasteiger partial charge in [0, 0.05) is 15.1 Å². The van der Waals surface area contributed by atoms with Crippen molar-refractivity contribution >= 4 is 59.2 Å². The summed E-state index contributed by atoms with van der Waals surface area (Å²) in [7, 11) is -3.93. The van der Waals surface area contributed by atoms with Crippen LogP contribution in [0.2, 0.25) is 5.15 Å². The Bertz CT molecular complexity index is 771. The van der Waals surface area contributed by atoms with Gasteiger partial charge in [-0.05, 0) is 56.1 Å². The zero-order valence-corrected chi connectivity index (χ0v) is 14.3. The van der Waals surface area contributed by atoms with Crippen LogP contribution in [0.3, 0.4) is 0 Å². The van der Waals surface area contributed by atoms with E-state index in [1.54, 1.807) is 0 Å². The van der Waals surface area contributed by atoms with Gasteiger partial charge in [0.25, 0.3) is 10.0 Å². The van der Waals surface area contributed by atoms with Gasteiger partial charge in [-0.15, -0.1) is 0 Å². The Hall–Kier alpha value is -0.700. The first-order chi connectivity index (χ1) is 9.29. The van der Waals surface area contributed by atoms with Gasteiger partial charge in [0.1, 0.15) is 15.9 Å². The van der Waals surface area contributed by atoms with Crippen molar-refractivity contribution in [2.45, 2.75) is 4.90 Å². The minimum absolute atomic E-state index is 0.154. The van der Waals surface area contributed by atoms with E-state index < -0.39 is 15.8 Å². The standard InChI is InChI=1S/C11H6Br2ClFN2O2S/c12-6-3-10(11(14)16-5-6)20(18,19)17-9-2-1-7(15)4-8(9)13/h1-5,17H. The summed E-state index contributed by atoms with van der Waals surface area (Å²) in [4.78, 5) is 3.57. The molecule has 0 saturated carbocycles. The molecule has 9 heteroatoms. The van der Waals surface area contributed by atoms with Crippen molar-refractivity contribution in [1.29, 1.82) is 0 Å². The van der Waals surface area contributed by atoms with Crippen molar-refractivity contribution in [1.82, 2.24) is 4.98 Å². The van der Waals surface area contributed by atoms with E-state index in [1.165, 1.54) is 18.3 Å². The fraction of sp³-hybridized carbons (Fsp3) is 0. The molecule has 4 nitrogen and oxygen atoms in total. The molecule has 2 rings (SSSR count). The van der Waals surface area contributed by atoms with Crippen molar-refractivity contribution in [2.24, 2.45) is 0 Å². The second kappa shape index (κ2) is 5.97. The molecule has 0 bridgehead atoms. The van der Waals surface area contributed by atoms with Gasteiger partial charge >= 0.3 is 0 Å². The molecule has 0 atom stereocenters. The van der Waals surface area contributed by atoms with E-state index in [4.69, 9.17) is 11.6 Å². The molecule has 1 aromatic heterocycles. The number of halogens is 4. The monoisotopic (exact) mass is 442 g/mol. The molecule has 0 aliphatic heterocycles. The van der Waals surface area contributed by atoms with E-state index in [0.717, 1.165) is 12.1 Å². The summed E-state index contributed by atoms with van der Waals surface area (Å²) < 4.78 is 40.5. The number of hydrogen-bond donors (Lipinski definition) is 1. The van der Waals surface area contributed by atoms with Gasteiger partial charge < -0.3 is 0 Å². The van der Waals surface area contributed by atoms with Gasteiger partial charge in [-0.3, -0.25) is 4.72 Å². The SMILES string of the molecule is O=S(=O)(Nc1ccc(F)cc1Br)c1cc(Br)cnc1Cl. The molecule has 0 amide bonds. The van der Waals surface area contributed by atoms with Gasteiger partial charge in [-0.25, -0.2) is 17.8 Å². The van der Waals surface area contributed by atoms with E-state index in [9.17, 15) is 12.8 Å². The molecule has 0 saturated heterocycles. The number of rotatable bonds is 3. The molecule has 0 spiro atoms. The maximum Gasteiger partial charge on any atom is 0.265 e. The first-order valence-electron chi connectivity index (χ1n) is 5.08. The van der Waals surface area contributed by atoms with Crippen LogP contribution in [0, 0.1) is 5.82 Å². The Morgan fingerprint density at radius 2 is 1.95 bits per heavy atom. The van der Waals surface area contributed by atoms with Crippen molar-refractivity contribution in [3.63, 3.8) is 0 Å². The zero-order chi connectivity index (χ0) is 14.9. The van der Waals surface area contributed by atoms with Crippen LogP contribution in [0.1, 0.15) is 0 Å². The maximum atomic E-state index is 13.0. The average molecular weight is 445 g/mol.